The van der Waals surface area contributed by atoms with Crippen LogP contribution in [0.4, 0.5) is 0 Å². The van der Waals surface area contributed by atoms with E-state index in [9.17, 15) is 4.79 Å². The van der Waals surface area contributed by atoms with Gasteiger partial charge in [0.1, 0.15) is 11.4 Å². The van der Waals surface area contributed by atoms with E-state index in [1.807, 2.05) is 18.2 Å². The molecule has 0 bridgehead atoms. The highest BCUT2D eigenvalue weighted by Gasteiger charge is 2.35. The third-order valence-electron chi connectivity index (χ3n) is 5.87. The van der Waals surface area contributed by atoms with Gasteiger partial charge in [0.25, 0.3) is 5.56 Å². The summed E-state index contributed by atoms with van der Waals surface area (Å²) in [6, 6.07) is 5.61. The molecule has 2 atom stereocenters. The van der Waals surface area contributed by atoms with E-state index in [4.69, 9.17) is 4.74 Å². The molecule has 4 nitrogen and oxygen atoms in total. The van der Waals surface area contributed by atoms with Crippen LogP contribution in [-0.4, -0.2) is 17.1 Å². The highest BCUT2D eigenvalue weighted by Crippen LogP contribution is 2.46. The number of nitrogens with zero attached hydrogens (tertiary/aromatic N) is 1. The molecule has 4 heteroatoms. The molecule has 128 valence electrons. The molecule has 2 aliphatic rings. The van der Waals surface area contributed by atoms with Crippen LogP contribution >= 0.6 is 0 Å². The Bertz CT molecular complexity index is 779. The Morgan fingerprint density at radius 1 is 1.21 bits per heavy atom. The minimum Gasteiger partial charge on any atom is -0.497 e. The minimum absolute atomic E-state index is 0.0566. The molecule has 1 heterocycles. The van der Waals surface area contributed by atoms with Crippen molar-refractivity contribution in [3.05, 3.63) is 34.2 Å². The van der Waals surface area contributed by atoms with Crippen LogP contribution in [0.15, 0.2) is 23.0 Å². The number of aryl methyl sites for hydroxylation is 1. The monoisotopic (exact) mass is 326 g/mol. The van der Waals surface area contributed by atoms with E-state index >= 15 is 0 Å². The first-order chi connectivity index (χ1) is 11.7. The van der Waals surface area contributed by atoms with E-state index in [2.05, 4.69) is 9.97 Å². The topological polar surface area (TPSA) is 55.0 Å². The molecule has 24 heavy (non-hydrogen) atoms. The molecule has 4 rings (SSSR count). The second kappa shape index (κ2) is 6.58. The number of ether oxygens (including phenoxy) is 1. The van der Waals surface area contributed by atoms with Gasteiger partial charge in [-0.25, -0.2) is 4.98 Å². The van der Waals surface area contributed by atoms with Gasteiger partial charge >= 0.3 is 0 Å². The third-order valence-corrected chi connectivity index (χ3v) is 5.87. The van der Waals surface area contributed by atoms with Gasteiger partial charge in [-0.3, -0.25) is 4.79 Å². The number of methoxy groups -OCH3 is 1. The fourth-order valence-electron chi connectivity index (χ4n) is 4.04. The lowest BCUT2D eigenvalue weighted by molar-refractivity contribution is 0.143. The molecule has 2 aliphatic carbocycles. The van der Waals surface area contributed by atoms with Gasteiger partial charge in [-0.15, -0.1) is 0 Å². The normalized spacial score (nSPS) is 23.2. The van der Waals surface area contributed by atoms with Crippen LogP contribution in [0, 0.1) is 17.8 Å². The Labute approximate surface area is 142 Å². The van der Waals surface area contributed by atoms with Gasteiger partial charge < -0.3 is 9.72 Å². The predicted octanol–water partition coefficient (Wildman–Crippen LogP) is 4.08. The smallest absolute Gasteiger partial charge is 0.270 e. The van der Waals surface area contributed by atoms with Gasteiger partial charge in [0.05, 0.1) is 18.1 Å². The average molecular weight is 326 g/mol. The molecule has 0 saturated heterocycles. The largest absolute Gasteiger partial charge is 0.497 e. The van der Waals surface area contributed by atoms with Crippen LogP contribution in [0.2, 0.25) is 0 Å². The Morgan fingerprint density at radius 2 is 2.04 bits per heavy atom. The first-order valence-corrected chi connectivity index (χ1v) is 9.30. The molecule has 0 radical (unpaired) electrons. The molecule has 1 N–H and O–H groups in total. The van der Waals surface area contributed by atoms with E-state index < -0.39 is 0 Å². The molecule has 0 spiro atoms. The number of hydrogen-bond acceptors (Lipinski definition) is 3. The Balaban J connectivity index is 1.37. The first kappa shape index (κ1) is 15.7. The van der Waals surface area contributed by atoms with Crippen LogP contribution in [0.5, 0.6) is 5.75 Å². The fourth-order valence-corrected chi connectivity index (χ4v) is 4.04. The van der Waals surface area contributed by atoms with Crippen LogP contribution in [-0.2, 0) is 6.42 Å². The summed E-state index contributed by atoms with van der Waals surface area (Å²) in [6.07, 6.45) is 10.3. The van der Waals surface area contributed by atoms with E-state index in [0.29, 0.717) is 5.69 Å². The van der Waals surface area contributed by atoms with Crippen molar-refractivity contribution in [3.8, 4) is 5.75 Å². The molecular weight excluding hydrogens is 300 g/mol. The lowest BCUT2D eigenvalue weighted by Gasteiger charge is -2.37. The van der Waals surface area contributed by atoms with Gasteiger partial charge in [-0.05, 0) is 68.4 Å². The predicted molar refractivity (Wildman–Crippen MR) is 95.4 cm³/mol. The van der Waals surface area contributed by atoms with Crippen LogP contribution in [0.25, 0.3) is 11.0 Å². The molecule has 0 amide bonds. The van der Waals surface area contributed by atoms with Crippen molar-refractivity contribution in [1.29, 1.82) is 0 Å². The van der Waals surface area contributed by atoms with Crippen LogP contribution in [0.3, 0.4) is 0 Å². The summed E-state index contributed by atoms with van der Waals surface area (Å²) in [5.41, 5.74) is 2.19. The van der Waals surface area contributed by atoms with Crippen molar-refractivity contribution in [2.75, 3.05) is 7.11 Å². The number of rotatable bonds is 7. The number of benzene rings is 1. The standard InChI is InChI=1S/C20H26N2O2/c1-24-16-9-10-17-19(12-16)22-20(23)18(21-17)4-2-3-14-7-8-15(14)11-13-5-6-13/h9-10,12-15H,2-8,11H2,1H3,(H,22,23). The molecule has 2 unspecified atom stereocenters. The number of aromatic nitrogens is 2. The summed E-state index contributed by atoms with van der Waals surface area (Å²) in [7, 11) is 1.62. The Kier molecular flexibility index (Phi) is 4.30. The van der Waals surface area contributed by atoms with Crippen molar-refractivity contribution in [1.82, 2.24) is 9.97 Å². The highest BCUT2D eigenvalue weighted by atomic mass is 16.5. The quantitative estimate of drug-likeness (QED) is 0.834. The summed E-state index contributed by atoms with van der Waals surface area (Å²) in [4.78, 5) is 19.8. The zero-order valence-electron chi connectivity index (χ0n) is 14.4. The molecule has 2 fully saturated rings. The van der Waals surface area contributed by atoms with Gasteiger partial charge in [-0.1, -0.05) is 12.8 Å². The maximum atomic E-state index is 12.3. The maximum absolute atomic E-state index is 12.3. The number of aromatic amines is 1. The number of fused-ring (bicyclic) bond motifs is 1. The van der Waals surface area contributed by atoms with Crippen molar-refractivity contribution in [3.63, 3.8) is 0 Å². The summed E-state index contributed by atoms with van der Waals surface area (Å²) in [5.74, 6) is 3.64. The molecule has 2 saturated carbocycles. The van der Waals surface area contributed by atoms with E-state index in [1.54, 1.807) is 7.11 Å². The Morgan fingerprint density at radius 3 is 2.75 bits per heavy atom. The Hall–Kier alpha value is -1.84. The molecular formula is C20H26N2O2. The SMILES string of the molecule is COc1ccc2nc(CCCC3CCC3CC3CC3)c(=O)[nH]c2c1. The van der Waals surface area contributed by atoms with Crippen LogP contribution in [0.1, 0.15) is 50.6 Å². The number of H-pyrrole nitrogens is 1. The second-order valence-corrected chi connectivity index (χ2v) is 7.56. The van der Waals surface area contributed by atoms with E-state index in [0.717, 1.165) is 47.4 Å². The van der Waals surface area contributed by atoms with Crippen molar-refractivity contribution < 1.29 is 4.74 Å². The van der Waals surface area contributed by atoms with Crippen molar-refractivity contribution in [2.24, 2.45) is 17.8 Å². The fraction of sp³-hybridized carbons (Fsp3) is 0.600. The lowest BCUT2D eigenvalue weighted by Crippen LogP contribution is -2.26. The maximum Gasteiger partial charge on any atom is 0.270 e. The number of nitrogens with one attached hydrogen (secondary N) is 1. The summed E-state index contributed by atoms with van der Waals surface area (Å²) >= 11 is 0. The average Bonchev–Trinajstić information content (AvgIpc) is 3.39. The van der Waals surface area contributed by atoms with Gasteiger partial charge in [-0.2, -0.15) is 0 Å². The van der Waals surface area contributed by atoms with Gasteiger partial charge in [0, 0.05) is 6.07 Å². The van der Waals surface area contributed by atoms with E-state index in [-0.39, 0.29) is 5.56 Å². The molecule has 1 aromatic carbocycles. The second-order valence-electron chi connectivity index (χ2n) is 7.56. The first-order valence-electron chi connectivity index (χ1n) is 9.30. The molecule has 0 aliphatic heterocycles. The zero-order valence-corrected chi connectivity index (χ0v) is 14.4. The number of hydrogen-bond donors (Lipinski definition) is 1. The summed E-state index contributed by atoms with van der Waals surface area (Å²) in [5, 5.41) is 0. The van der Waals surface area contributed by atoms with Gasteiger partial charge in [0.15, 0.2) is 0 Å². The van der Waals surface area contributed by atoms with E-state index in [1.165, 1.54) is 38.5 Å². The molecule has 2 aromatic rings. The molecule has 1 aromatic heterocycles. The van der Waals surface area contributed by atoms with Crippen molar-refractivity contribution >= 4 is 11.0 Å². The highest BCUT2D eigenvalue weighted by molar-refractivity contribution is 5.75. The zero-order chi connectivity index (χ0) is 16.5. The third kappa shape index (κ3) is 3.33. The minimum atomic E-state index is -0.0566. The van der Waals surface area contributed by atoms with Gasteiger partial charge in [0.2, 0.25) is 0 Å². The van der Waals surface area contributed by atoms with Crippen LogP contribution < -0.4 is 10.3 Å². The lowest BCUT2D eigenvalue weighted by atomic mass is 9.69. The summed E-state index contributed by atoms with van der Waals surface area (Å²) < 4.78 is 5.19. The van der Waals surface area contributed by atoms with Crippen molar-refractivity contribution in [2.45, 2.75) is 51.4 Å². The summed E-state index contributed by atoms with van der Waals surface area (Å²) in [6.45, 7) is 0.